The van der Waals surface area contributed by atoms with Gasteiger partial charge in [-0.25, -0.2) is 0 Å². The zero-order chi connectivity index (χ0) is 15.4. The summed E-state index contributed by atoms with van der Waals surface area (Å²) in [5.74, 6) is 0.00335. The number of halogens is 1. The van der Waals surface area contributed by atoms with E-state index < -0.39 is 0 Å². The summed E-state index contributed by atoms with van der Waals surface area (Å²) in [6, 6.07) is 11.6. The number of carbonyl (C=O) groups excluding carboxylic acids is 1. The lowest BCUT2D eigenvalue weighted by Gasteiger charge is -2.15. The van der Waals surface area contributed by atoms with Crippen LogP contribution in [0.25, 0.3) is 6.20 Å². The van der Waals surface area contributed by atoms with Gasteiger partial charge in [0.05, 0.1) is 6.08 Å². The zero-order valence-corrected chi connectivity index (χ0v) is 13.9. The van der Waals surface area contributed by atoms with Crippen molar-refractivity contribution in [2.75, 3.05) is 18.0 Å². The number of rotatable bonds is 4. The SMILES string of the molecule is O=C(/C=C/[n+]1ccc(N2CCCC2)cc1)c1ccc(Br)cc1. The Morgan fingerprint density at radius 3 is 2.32 bits per heavy atom. The molecule has 3 nitrogen and oxygen atoms in total. The van der Waals surface area contributed by atoms with Gasteiger partial charge in [-0.2, -0.15) is 4.57 Å². The Hall–Kier alpha value is -1.94. The standard InChI is InChI=1S/C18H18BrN2O/c19-16-5-3-15(4-6-16)18(22)9-14-20-12-7-17(8-13-20)21-10-1-2-11-21/h3-9,12-14H,1-2,10-11H2/q+1/b14-9+. The highest BCUT2D eigenvalue weighted by molar-refractivity contribution is 9.10. The lowest BCUT2D eigenvalue weighted by Crippen LogP contribution is -2.26. The van der Waals surface area contributed by atoms with E-state index in [2.05, 4.69) is 33.0 Å². The van der Waals surface area contributed by atoms with Crippen molar-refractivity contribution in [3.8, 4) is 0 Å². The van der Waals surface area contributed by atoms with Crippen molar-refractivity contribution in [1.82, 2.24) is 0 Å². The molecule has 2 heterocycles. The highest BCUT2D eigenvalue weighted by Crippen LogP contribution is 2.18. The second-order valence-electron chi connectivity index (χ2n) is 5.38. The molecular formula is C18H18BrN2O+. The fourth-order valence-corrected chi connectivity index (χ4v) is 2.84. The van der Waals surface area contributed by atoms with Gasteiger partial charge >= 0.3 is 0 Å². The van der Waals surface area contributed by atoms with Gasteiger partial charge in [0.15, 0.2) is 24.4 Å². The van der Waals surface area contributed by atoms with Crippen LogP contribution in [0.1, 0.15) is 23.2 Å². The predicted molar refractivity (Wildman–Crippen MR) is 91.9 cm³/mol. The molecule has 4 heteroatoms. The highest BCUT2D eigenvalue weighted by Gasteiger charge is 2.13. The monoisotopic (exact) mass is 357 g/mol. The summed E-state index contributed by atoms with van der Waals surface area (Å²) >= 11 is 3.37. The van der Waals surface area contributed by atoms with E-state index in [1.807, 2.05) is 41.2 Å². The molecule has 1 aromatic heterocycles. The largest absolute Gasteiger partial charge is 0.371 e. The summed E-state index contributed by atoms with van der Waals surface area (Å²) in [5.41, 5.74) is 1.94. The number of carbonyl (C=O) groups is 1. The van der Waals surface area contributed by atoms with E-state index >= 15 is 0 Å². The fourth-order valence-electron chi connectivity index (χ4n) is 2.58. The van der Waals surface area contributed by atoms with Crippen molar-refractivity contribution in [2.24, 2.45) is 0 Å². The molecule has 0 bridgehead atoms. The van der Waals surface area contributed by atoms with Gasteiger partial charge < -0.3 is 4.90 Å². The van der Waals surface area contributed by atoms with Gasteiger partial charge in [0.2, 0.25) is 0 Å². The molecule has 0 amide bonds. The maximum Gasteiger partial charge on any atom is 0.191 e. The highest BCUT2D eigenvalue weighted by atomic mass is 79.9. The number of anilines is 1. The molecule has 2 aromatic rings. The van der Waals surface area contributed by atoms with E-state index in [0.29, 0.717) is 5.56 Å². The van der Waals surface area contributed by atoms with Gasteiger partial charge in [0.1, 0.15) is 0 Å². The van der Waals surface area contributed by atoms with Crippen molar-refractivity contribution in [3.63, 3.8) is 0 Å². The third-order valence-electron chi connectivity index (χ3n) is 3.83. The van der Waals surface area contributed by atoms with E-state index in [0.717, 1.165) is 17.6 Å². The molecule has 1 aromatic carbocycles. The summed E-state index contributed by atoms with van der Waals surface area (Å²) in [4.78, 5) is 14.5. The minimum atomic E-state index is 0.00335. The van der Waals surface area contributed by atoms with Crippen molar-refractivity contribution in [2.45, 2.75) is 12.8 Å². The van der Waals surface area contributed by atoms with Gasteiger partial charge in [-0.3, -0.25) is 4.79 Å². The molecule has 0 saturated carbocycles. The summed E-state index contributed by atoms with van der Waals surface area (Å²) in [7, 11) is 0. The smallest absolute Gasteiger partial charge is 0.191 e. The number of nitrogens with zero attached hydrogens (tertiary/aromatic N) is 2. The first-order chi connectivity index (χ1) is 10.7. The Kier molecular flexibility index (Phi) is 4.68. The molecular weight excluding hydrogens is 340 g/mol. The second kappa shape index (κ2) is 6.88. The average molecular weight is 358 g/mol. The quantitative estimate of drug-likeness (QED) is 0.473. The molecule has 1 fully saturated rings. The first-order valence-electron chi connectivity index (χ1n) is 7.46. The third kappa shape index (κ3) is 3.63. The first-order valence-corrected chi connectivity index (χ1v) is 8.25. The van der Waals surface area contributed by atoms with E-state index in [1.54, 1.807) is 12.3 Å². The molecule has 1 aliphatic heterocycles. The topological polar surface area (TPSA) is 24.2 Å². The first kappa shape index (κ1) is 15.0. The van der Waals surface area contributed by atoms with Crippen LogP contribution in [0.3, 0.4) is 0 Å². The molecule has 0 aliphatic carbocycles. The van der Waals surface area contributed by atoms with Gasteiger partial charge in [-0.15, -0.1) is 0 Å². The molecule has 22 heavy (non-hydrogen) atoms. The van der Waals surface area contributed by atoms with Crippen molar-refractivity contribution < 1.29 is 9.36 Å². The molecule has 1 saturated heterocycles. The molecule has 112 valence electrons. The third-order valence-corrected chi connectivity index (χ3v) is 4.36. The van der Waals surface area contributed by atoms with Crippen LogP contribution in [0, 0.1) is 0 Å². The summed E-state index contributed by atoms with van der Waals surface area (Å²) in [5, 5.41) is 0. The molecule has 1 aliphatic rings. The molecule has 0 N–H and O–H groups in total. The maximum atomic E-state index is 12.1. The molecule has 0 atom stereocenters. The number of hydrogen-bond donors (Lipinski definition) is 0. The van der Waals surface area contributed by atoms with Crippen LogP contribution in [0.5, 0.6) is 0 Å². The van der Waals surface area contributed by atoms with Gasteiger partial charge in [0.25, 0.3) is 0 Å². The number of allylic oxidation sites excluding steroid dienone is 1. The van der Waals surface area contributed by atoms with E-state index in [-0.39, 0.29) is 5.78 Å². The minimum Gasteiger partial charge on any atom is -0.371 e. The Labute approximate surface area is 139 Å². The number of ketones is 1. The number of benzene rings is 1. The molecule has 3 rings (SSSR count). The van der Waals surface area contributed by atoms with Crippen LogP contribution in [0.2, 0.25) is 0 Å². The average Bonchev–Trinajstić information content (AvgIpc) is 3.08. The minimum absolute atomic E-state index is 0.00335. The van der Waals surface area contributed by atoms with Gasteiger partial charge in [0, 0.05) is 40.9 Å². The summed E-state index contributed by atoms with van der Waals surface area (Å²) < 4.78 is 2.87. The molecule has 0 radical (unpaired) electrons. The van der Waals surface area contributed by atoms with Crippen LogP contribution < -0.4 is 9.47 Å². The van der Waals surface area contributed by atoms with Crippen molar-refractivity contribution >= 4 is 33.6 Å². The lowest BCUT2D eigenvalue weighted by atomic mass is 10.1. The van der Waals surface area contributed by atoms with Crippen LogP contribution in [-0.4, -0.2) is 18.9 Å². The maximum absolute atomic E-state index is 12.1. The number of pyridine rings is 1. The van der Waals surface area contributed by atoms with Crippen molar-refractivity contribution in [3.05, 3.63) is 64.9 Å². The normalized spacial score (nSPS) is 14.7. The zero-order valence-electron chi connectivity index (χ0n) is 12.3. The molecule has 0 spiro atoms. The Morgan fingerprint density at radius 1 is 1.05 bits per heavy atom. The lowest BCUT2D eigenvalue weighted by molar-refractivity contribution is -0.568. The van der Waals surface area contributed by atoms with Gasteiger partial charge in [-0.1, -0.05) is 15.9 Å². The second-order valence-corrected chi connectivity index (χ2v) is 6.30. The van der Waals surface area contributed by atoms with Crippen molar-refractivity contribution in [1.29, 1.82) is 0 Å². The van der Waals surface area contributed by atoms with Crippen LogP contribution in [0.4, 0.5) is 5.69 Å². The Bertz CT molecular complexity index is 671. The molecule has 0 unspecified atom stereocenters. The Balaban J connectivity index is 1.67. The van der Waals surface area contributed by atoms with Crippen LogP contribution >= 0.6 is 15.9 Å². The van der Waals surface area contributed by atoms with E-state index in [4.69, 9.17) is 0 Å². The summed E-state index contributed by atoms with van der Waals surface area (Å²) in [6.45, 7) is 2.28. The predicted octanol–water partition coefficient (Wildman–Crippen LogP) is 3.69. The fraction of sp³-hybridized carbons (Fsp3) is 0.222. The van der Waals surface area contributed by atoms with E-state index in [1.165, 1.54) is 18.5 Å². The summed E-state index contributed by atoms with van der Waals surface area (Å²) in [6.07, 6.45) is 9.90. The van der Waals surface area contributed by atoms with E-state index in [9.17, 15) is 4.79 Å². The number of aromatic nitrogens is 1. The number of hydrogen-bond acceptors (Lipinski definition) is 2. The van der Waals surface area contributed by atoms with Crippen LogP contribution in [-0.2, 0) is 0 Å². The van der Waals surface area contributed by atoms with Crippen LogP contribution in [0.15, 0.2) is 59.3 Å². The Morgan fingerprint density at radius 2 is 1.68 bits per heavy atom. The van der Waals surface area contributed by atoms with Gasteiger partial charge in [-0.05, 0) is 37.1 Å².